The van der Waals surface area contributed by atoms with Crippen LogP contribution in [0.1, 0.15) is 74.5 Å². The Kier molecular flexibility index (Phi) is 12.4. The molecule has 9 nitrogen and oxygen atoms in total. The zero-order valence-corrected chi connectivity index (χ0v) is 25.5. The molecule has 2 aromatic rings. The Morgan fingerprint density at radius 1 is 1.16 bits per heavy atom. The first-order chi connectivity index (χ1) is 20.8. The van der Waals surface area contributed by atoms with E-state index in [0.717, 1.165) is 11.6 Å². The van der Waals surface area contributed by atoms with E-state index in [-0.39, 0.29) is 24.5 Å². The number of anilines is 2. The lowest BCUT2D eigenvalue weighted by Crippen LogP contribution is -2.43. The maximum atomic E-state index is 14.4. The fourth-order valence-electron chi connectivity index (χ4n) is 4.81. The smallest absolute Gasteiger partial charge is 0.420 e. The van der Waals surface area contributed by atoms with Gasteiger partial charge in [-0.2, -0.15) is 13.2 Å². The quantitative estimate of drug-likeness (QED) is 0.159. The fourth-order valence-corrected chi connectivity index (χ4v) is 4.81. The normalized spacial score (nSPS) is 15.9. The molecule has 2 heterocycles. The number of nitrogens with zero attached hydrogens (tertiary/aromatic N) is 2. The second kappa shape index (κ2) is 15.7. The summed E-state index contributed by atoms with van der Waals surface area (Å²) in [7, 11) is 0. The van der Waals surface area contributed by atoms with Gasteiger partial charge in [-0.05, 0) is 64.5 Å². The molecule has 3 N–H and O–H groups in total. The average Bonchev–Trinajstić information content (AvgIpc) is 3.41. The zero-order valence-electron chi connectivity index (χ0n) is 25.5. The molecule has 1 aliphatic heterocycles. The molecule has 12 heteroatoms. The van der Waals surface area contributed by atoms with Crippen LogP contribution in [-0.2, 0) is 22.3 Å². The third kappa shape index (κ3) is 10.4. The van der Waals surface area contributed by atoms with Gasteiger partial charge in [0, 0.05) is 19.1 Å². The van der Waals surface area contributed by atoms with Crippen molar-refractivity contribution in [3.05, 3.63) is 78.5 Å². The molecule has 1 fully saturated rings. The highest BCUT2D eigenvalue weighted by atomic mass is 19.4. The number of benzene rings is 1. The Bertz CT molecular complexity index is 1280. The molecule has 1 unspecified atom stereocenters. The third-order valence-corrected chi connectivity index (χ3v) is 6.80. The van der Waals surface area contributed by atoms with E-state index in [9.17, 15) is 22.8 Å². The zero-order chi connectivity index (χ0) is 32.3. The summed E-state index contributed by atoms with van der Waals surface area (Å²) < 4.78 is 54.3. The van der Waals surface area contributed by atoms with E-state index in [0.29, 0.717) is 45.3 Å². The van der Waals surface area contributed by atoms with E-state index in [4.69, 9.17) is 9.47 Å². The second-order valence-electron chi connectivity index (χ2n) is 11.5. The van der Waals surface area contributed by atoms with Gasteiger partial charge in [0.1, 0.15) is 17.0 Å². The Labute approximate surface area is 256 Å². The van der Waals surface area contributed by atoms with Crippen LogP contribution < -0.4 is 21.1 Å². The molecular formula is C32H42F3N5O4. The molecule has 240 valence electrons. The number of hydrogen-bond acceptors (Lipinski definition) is 7. The van der Waals surface area contributed by atoms with Gasteiger partial charge in [-0.3, -0.25) is 15.5 Å². The maximum Gasteiger partial charge on any atom is 0.420 e. The van der Waals surface area contributed by atoms with Crippen molar-refractivity contribution in [2.75, 3.05) is 23.3 Å². The van der Waals surface area contributed by atoms with Crippen molar-refractivity contribution >= 4 is 23.5 Å². The van der Waals surface area contributed by atoms with Crippen molar-refractivity contribution in [2.24, 2.45) is 0 Å². The number of alkyl halides is 3. The summed E-state index contributed by atoms with van der Waals surface area (Å²) in [6.45, 7) is 13.2. The maximum absolute atomic E-state index is 14.4. The van der Waals surface area contributed by atoms with Crippen LogP contribution in [0.5, 0.6) is 0 Å². The van der Waals surface area contributed by atoms with Crippen molar-refractivity contribution in [3.8, 4) is 0 Å². The first-order valence-corrected chi connectivity index (χ1v) is 14.6. The predicted octanol–water partition coefficient (Wildman–Crippen LogP) is 6.78. The lowest BCUT2D eigenvalue weighted by Gasteiger charge is -2.29. The number of hydrogen-bond donors (Lipinski definition) is 3. The Hall–Kier alpha value is -3.90. The highest BCUT2D eigenvalue weighted by Crippen LogP contribution is 2.40. The Morgan fingerprint density at radius 2 is 1.89 bits per heavy atom. The van der Waals surface area contributed by atoms with Crippen LogP contribution in [0.25, 0.3) is 0 Å². The van der Waals surface area contributed by atoms with Gasteiger partial charge in [0.25, 0.3) is 5.91 Å². The number of nitrogens with one attached hydrogen (secondary N) is 3. The van der Waals surface area contributed by atoms with Crippen LogP contribution in [0.2, 0.25) is 0 Å². The number of hydrazine groups is 1. The second-order valence-corrected chi connectivity index (χ2v) is 11.5. The summed E-state index contributed by atoms with van der Waals surface area (Å²) >= 11 is 0. The lowest BCUT2D eigenvalue weighted by atomic mass is 10.1. The van der Waals surface area contributed by atoms with Gasteiger partial charge in [-0.15, -0.1) is 13.2 Å². The van der Waals surface area contributed by atoms with Gasteiger partial charge in [0.15, 0.2) is 5.69 Å². The van der Waals surface area contributed by atoms with Gasteiger partial charge < -0.3 is 14.4 Å². The van der Waals surface area contributed by atoms with E-state index in [1.54, 1.807) is 37.8 Å². The number of pyridine rings is 1. The number of carbonyl (C=O) groups is 2. The molecule has 2 amide bonds. The fraction of sp³-hybridized carbons (Fsp3) is 0.469. The van der Waals surface area contributed by atoms with Crippen LogP contribution in [0, 0.1) is 0 Å². The Morgan fingerprint density at radius 3 is 2.52 bits per heavy atom. The SMILES string of the molecule is C=CCCC(CNNC(=O)c1nc(N2CCC[C@H]2CC=C)c(C(F)(F)F)cc1NC(=O)OC(C)(C)C)OCc1ccccc1. The number of ether oxygens (including phenoxy) is 2. The minimum atomic E-state index is -4.81. The number of amides is 2. The number of aromatic nitrogens is 1. The minimum absolute atomic E-state index is 0.197. The Balaban J connectivity index is 1.88. The topological polar surface area (TPSA) is 105 Å². The van der Waals surface area contributed by atoms with E-state index in [2.05, 4.69) is 34.3 Å². The molecule has 0 spiro atoms. The first kappa shape index (κ1) is 34.6. The molecule has 0 radical (unpaired) electrons. The molecule has 44 heavy (non-hydrogen) atoms. The summed E-state index contributed by atoms with van der Waals surface area (Å²) in [4.78, 5) is 31.8. The van der Waals surface area contributed by atoms with E-state index >= 15 is 0 Å². The average molecular weight is 618 g/mol. The number of rotatable bonds is 14. The van der Waals surface area contributed by atoms with Crippen molar-refractivity contribution < 1.29 is 32.2 Å². The first-order valence-electron chi connectivity index (χ1n) is 14.6. The highest BCUT2D eigenvalue weighted by Gasteiger charge is 2.40. The van der Waals surface area contributed by atoms with Gasteiger partial charge in [0.05, 0.1) is 18.4 Å². The molecule has 0 bridgehead atoms. The number of carbonyl (C=O) groups excluding carboxylic acids is 2. The standard InChI is InChI=1S/C32H42F3N5O4/c1-6-8-17-24(43-21-22-14-10-9-11-15-22)20-36-39-29(41)27-26(37-30(42)44-31(3,4)5)19-25(32(33,34)35)28(38-27)40-18-12-16-23(40)13-7-2/h6-7,9-11,14-15,19,23-24,36H,1-2,8,12-13,16-18,20-21H2,3-5H3,(H,37,42)(H,39,41)/t23-,24?/m1/s1. The number of halogens is 3. The largest absolute Gasteiger partial charge is 0.444 e. The van der Waals surface area contributed by atoms with Crippen molar-refractivity contribution in [2.45, 2.75) is 83.4 Å². The molecule has 0 aliphatic carbocycles. The molecule has 3 rings (SSSR count). The van der Waals surface area contributed by atoms with Gasteiger partial charge in [-0.1, -0.05) is 42.5 Å². The molecule has 1 saturated heterocycles. The van der Waals surface area contributed by atoms with Gasteiger partial charge in [0.2, 0.25) is 0 Å². The molecule has 0 saturated carbocycles. The van der Waals surface area contributed by atoms with Gasteiger partial charge in [-0.25, -0.2) is 15.2 Å². The minimum Gasteiger partial charge on any atom is -0.444 e. The van der Waals surface area contributed by atoms with Crippen LogP contribution in [-0.4, -0.2) is 47.8 Å². The summed E-state index contributed by atoms with van der Waals surface area (Å²) in [6, 6.07) is 10.1. The summed E-state index contributed by atoms with van der Waals surface area (Å²) in [5, 5.41) is 2.30. The number of allylic oxidation sites excluding steroid dienone is 1. The van der Waals surface area contributed by atoms with E-state index in [1.165, 1.54) is 0 Å². The molecule has 1 aliphatic rings. The summed E-state index contributed by atoms with van der Waals surface area (Å²) in [5.74, 6) is -1.21. The molecule has 1 aromatic carbocycles. The van der Waals surface area contributed by atoms with E-state index in [1.807, 2.05) is 30.3 Å². The van der Waals surface area contributed by atoms with Crippen LogP contribution in [0.4, 0.5) is 29.5 Å². The van der Waals surface area contributed by atoms with Crippen LogP contribution in [0.3, 0.4) is 0 Å². The molecular weight excluding hydrogens is 575 g/mol. The van der Waals surface area contributed by atoms with Crippen molar-refractivity contribution in [1.29, 1.82) is 0 Å². The molecule has 1 aromatic heterocycles. The summed E-state index contributed by atoms with van der Waals surface area (Å²) in [5.41, 5.74) is 3.49. The lowest BCUT2D eigenvalue weighted by molar-refractivity contribution is -0.137. The molecule has 2 atom stereocenters. The van der Waals surface area contributed by atoms with Crippen molar-refractivity contribution in [1.82, 2.24) is 15.8 Å². The van der Waals surface area contributed by atoms with Gasteiger partial charge >= 0.3 is 12.3 Å². The van der Waals surface area contributed by atoms with E-state index < -0.39 is 40.7 Å². The monoisotopic (exact) mass is 617 g/mol. The van der Waals surface area contributed by atoms with Crippen LogP contribution >= 0.6 is 0 Å². The predicted molar refractivity (Wildman–Crippen MR) is 164 cm³/mol. The highest BCUT2D eigenvalue weighted by molar-refractivity contribution is 6.01. The third-order valence-electron chi connectivity index (χ3n) is 6.80. The van der Waals surface area contributed by atoms with Crippen molar-refractivity contribution in [3.63, 3.8) is 0 Å². The van der Waals surface area contributed by atoms with Crippen LogP contribution in [0.15, 0.2) is 61.7 Å². The summed E-state index contributed by atoms with van der Waals surface area (Å²) in [6.07, 6.45) is 0.323.